The Morgan fingerprint density at radius 3 is 2.69 bits per heavy atom. The summed E-state index contributed by atoms with van der Waals surface area (Å²) in [5.74, 6) is 1.14. The molecule has 2 saturated carbocycles. The van der Waals surface area contributed by atoms with E-state index in [0.29, 0.717) is 5.92 Å². The predicted molar refractivity (Wildman–Crippen MR) is 51.9 cm³/mol. The standard InChI is InChI=1S/C11H17NO/c1-11(2)8-4-3-7(5-8)9(11)6-10(12)13/h6-8H,3-5H2,1-2H3,(H2,12,13)/b9-6-. The van der Waals surface area contributed by atoms with Crippen LogP contribution in [0.25, 0.3) is 0 Å². The van der Waals surface area contributed by atoms with E-state index in [1.165, 1.54) is 24.8 Å². The number of fused-ring (bicyclic) bond motifs is 2. The van der Waals surface area contributed by atoms with E-state index in [9.17, 15) is 4.79 Å². The number of hydrogen-bond donors (Lipinski definition) is 1. The van der Waals surface area contributed by atoms with Crippen LogP contribution in [0, 0.1) is 17.3 Å². The number of primary amides is 1. The fraction of sp³-hybridized carbons (Fsp3) is 0.727. The average Bonchev–Trinajstić information content (AvgIpc) is 2.53. The lowest BCUT2D eigenvalue weighted by Crippen LogP contribution is -2.24. The van der Waals surface area contributed by atoms with Gasteiger partial charge in [-0.3, -0.25) is 4.79 Å². The lowest BCUT2D eigenvalue weighted by atomic mass is 9.72. The summed E-state index contributed by atoms with van der Waals surface area (Å²) in [5.41, 5.74) is 6.73. The summed E-state index contributed by atoms with van der Waals surface area (Å²) in [6, 6.07) is 0. The van der Waals surface area contributed by atoms with E-state index in [1.54, 1.807) is 6.08 Å². The third kappa shape index (κ3) is 1.19. The molecule has 1 amide bonds. The molecule has 2 bridgehead atoms. The SMILES string of the molecule is CC1(C)/C(=C\C(N)=O)C2CCC1C2. The smallest absolute Gasteiger partial charge is 0.241 e. The van der Waals surface area contributed by atoms with Crippen LogP contribution in [-0.4, -0.2) is 5.91 Å². The molecule has 2 aliphatic rings. The molecule has 2 unspecified atom stereocenters. The predicted octanol–water partition coefficient (Wildman–Crippen LogP) is 1.85. The molecule has 2 N–H and O–H groups in total. The molecule has 0 aromatic heterocycles. The molecule has 0 heterocycles. The summed E-state index contributed by atoms with van der Waals surface area (Å²) >= 11 is 0. The first-order chi connectivity index (χ1) is 6.01. The van der Waals surface area contributed by atoms with Crippen LogP contribution in [0.2, 0.25) is 0 Å². The Labute approximate surface area is 79.2 Å². The van der Waals surface area contributed by atoms with Crippen LogP contribution >= 0.6 is 0 Å². The van der Waals surface area contributed by atoms with Gasteiger partial charge in [-0.15, -0.1) is 0 Å². The molecule has 0 aromatic carbocycles. The molecule has 2 fully saturated rings. The highest BCUT2D eigenvalue weighted by molar-refractivity contribution is 5.87. The van der Waals surface area contributed by atoms with Crippen molar-refractivity contribution in [3.05, 3.63) is 11.6 Å². The minimum absolute atomic E-state index is 0.220. The third-order valence-electron chi connectivity index (χ3n) is 3.93. The van der Waals surface area contributed by atoms with Crippen molar-refractivity contribution in [2.45, 2.75) is 33.1 Å². The second kappa shape index (κ2) is 2.60. The van der Waals surface area contributed by atoms with Crippen LogP contribution in [0.1, 0.15) is 33.1 Å². The monoisotopic (exact) mass is 179 g/mol. The molecule has 2 aliphatic carbocycles. The van der Waals surface area contributed by atoms with Crippen molar-refractivity contribution in [2.75, 3.05) is 0 Å². The number of hydrogen-bond acceptors (Lipinski definition) is 1. The summed E-state index contributed by atoms with van der Waals surface area (Å²) in [4.78, 5) is 10.9. The molecule has 2 heteroatoms. The second-order valence-corrected chi connectivity index (χ2v) is 4.93. The minimum Gasteiger partial charge on any atom is -0.366 e. The zero-order valence-corrected chi connectivity index (χ0v) is 8.34. The van der Waals surface area contributed by atoms with Gasteiger partial charge in [0.1, 0.15) is 0 Å². The molecule has 2 atom stereocenters. The van der Waals surface area contributed by atoms with E-state index in [0.717, 1.165) is 5.92 Å². The summed E-state index contributed by atoms with van der Waals surface area (Å²) in [5, 5.41) is 0. The Hall–Kier alpha value is -0.790. The zero-order chi connectivity index (χ0) is 9.64. The van der Waals surface area contributed by atoms with Gasteiger partial charge in [0.25, 0.3) is 0 Å². The largest absolute Gasteiger partial charge is 0.366 e. The van der Waals surface area contributed by atoms with Crippen molar-refractivity contribution in [3.63, 3.8) is 0 Å². The molecule has 2 nitrogen and oxygen atoms in total. The van der Waals surface area contributed by atoms with Gasteiger partial charge in [-0.05, 0) is 36.5 Å². The molecule has 72 valence electrons. The van der Waals surface area contributed by atoms with Gasteiger partial charge in [0, 0.05) is 6.08 Å². The number of amides is 1. The van der Waals surface area contributed by atoms with E-state index in [4.69, 9.17) is 5.73 Å². The van der Waals surface area contributed by atoms with Gasteiger partial charge in [0.2, 0.25) is 5.91 Å². The topological polar surface area (TPSA) is 43.1 Å². The quantitative estimate of drug-likeness (QED) is 0.613. The number of rotatable bonds is 1. The van der Waals surface area contributed by atoms with E-state index >= 15 is 0 Å². The third-order valence-corrected chi connectivity index (χ3v) is 3.93. The Morgan fingerprint density at radius 1 is 1.54 bits per heavy atom. The lowest BCUT2D eigenvalue weighted by Gasteiger charge is -2.32. The Balaban J connectivity index is 2.34. The van der Waals surface area contributed by atoms with Crippen molar-refractivity contribution in [3.8, 4) is 0 Å². The van der Waals surface area contributed by atoms with Crippen LogP contribution in [0.3, 0.4) is 0 Å². The summed E-state index contributed by atoms with van der Waals surface area (Å²) < 4.78 is 0. The summed E-state index contributed by atoms with van der Waals surface area (Å²) in [6.45, 7) is 4.48. The van der Waals surface area contributed by atoms with Gasteiger partial charge in [0.15, 0.2) is 0 Å². The average molecular weight is 179 g/mol. The zero-order valence-electron chi connectivity index (χ0n) is 8.34. The van der Waals surface area contributed by atoms with Crippen molar-refractivity contribution in [1.29, 1.82) is 0 Å². The van der Waals surface area contributed by atoms with Crippen LogP contribution < -0.4 is 5.73 Å². The number of allylic oxidation sites excluding steroid dienone is 1. The normalized spacial score (nSPS) is 38.5. The highest BCUT2D eigenvalue weighted by Gasteiger charge is 2.48. The van der Waals surface area contributed by atoms with E-state index in [-0.39, 0.29) is 11.3 Å². The first kappa shape index (κ1) is 8.79. The van der Waals surface area contributed by atoms with E-state index in [1.807, 2.05) is 0 Å². The highest BCUT2D eigenvalue weighted by atomic mass is 16.1. The van der Waals surface area contributed by atoms with Crippen molar-refractivity contribution < 1.29 is 4.79 Å². The minimum atomic E-state index is -0.282. The number of carbonyl (C=O) groups is 1. The van der Waals surface area contributed by atoms with Crippen molar-refractivity contribution in [2.24, 2.45) is 23.0 Å². The van der Waals surface area contributed by atoms with Gasteiger partial charge in [-0.1, -0.05) is 19.4 Å². The van der Waals surface area contributed by atoms with Gasteiger partial charge < -0.3 is 5.73 Å². The fourth-order valence-electron chi connectivity index (χ4n) is 3.14. The van der Waals surface area contributed by atoms with Gasteiger partial charge >= 0.3 is 0 Å². The Bertz CT molecular complexity index is 278. The van der Waals surface area contributed by atoms with E-state index in [2.05, 4.69) is 13.8 Å². The Kier molecular flexibility index (Phi) is 1.76. The second-order valence-electron chi connectivity index (χ2n) is 4.93. The maximum absolute atomic E-state index is 10.9. The van der Waals surface area contributed by atoms with Crippen LogP contribution in [0.15, 0.2) is 11.6 Å². The van der Waals surface area contributed by atoms with Crippen LogP contribution in [-0.2, 0) is 4.79 Å². The molecule has 2 rings (SSSR count). The number of nitrogens with two attached hydrogens (primary N) is 1. The van der Waals surface area contributed by atoms with Crippen molar-refractivity contribution in [1.82, 2.24) is 0 Å². The summed E-state index contributed by atoms with van der Waals surface area (Å²) in [6.07, 6.45) is 5.52. The molecule has 0 spiro atoms. The molecule has 0 radical (unpaired) electrons. The first-order valence-electron chi connectivity index (χ1n) is 5.03. The maximum Gasteiger partial charge on any atom is 0.241 e. The van der Waals surface area contributed by atoms with Crippen LogP contribution in [0.4, 0.5) is 0 Å². The summed E-state index contributed by atoms with van der Waals surface area (Å²) in [7, 11) is 0. The number of carbonyl (C=O) groups excluding carboxylic acids is 1. The fourth-order valence-corrected chi connectivity index (χ4v) is 3.14. The molecular weight excluding hydrogens is 162 g/mol. The molecule has 0 aliphatic heterocycles. The molecular formula is C11H17NO. The van der Waals surface area contributed by atoms with E-state index < -0.39 is 0 Å². The highest BCUT2D eigenvalue weighted by Crippen LogP contribution is 2.58. The van der Waals surface area contributed by atoms with Gasteiger partial charge in [-0.25, -0.2) is 0 Å². The van der Waals surface area contributed by atoms with Crippen LogP contribution in [0.5, 0.6) is 0 Å². The maximum atomic E-state index is 10.9. The molecule has 13 heavy (non-hydrogen) atoms. The molecule has 0 aromatic rings. The first-order valence-corrected chi connectivity index (χ1v) is 5.03. The Morgan fingerprint density at radius 2 is 2.23 bits per heavy atom. The van der Waals surface area contributed by atoms with Crippen molar-refractivity contribution >= 4 is 5.91 Å². The van der Waals surface area contributed by atoms with Gasteiger partial charge in [0.05, 0.1) is 0 Å². The lowest BCUT2D eigenvalue weighted by molar-refractivity contribution is -0.113. The molecule has 0 saturated heterocycles. The van der Waals surface area contributed by atoms with Gasteiger partial charge in [-0.2, -0.15) is 0 Å².